The van der Waals surface area contributed by atoms with Crippen LogP contribution in [0.5, 0.6) is 0 Å². The fraction of sp³-hybridized carbons (Fsp3) is 0.273. The summed E-state index contributed by atoms with van der Waals surface area (Å²) in [5.41, 5.74) is 4.89. The lowest BCUT2D eigenvalue weighted by Gasteiger charge is -2.16. The first-order valence-corrected chi connectivity index (χ1v) is 5.82. The molecule has 0 aliphatic carbocycles. The summed E-state index contributed by atoms with van der Waals surface area (Å²) in [5, 5.41) is 11.0. The van der Waals surface area contributed by atoms with E-state index >= 15 is 0 Å². The van der Waals surface area contributed by atoms with Crippen molar-refractivity contribution >= 4 is 34.8 Å². The van der Waals surface area contributed by atoms with Crippen LogP contribution in [0.4, 0.5) is 11.4 Å². The average molecular weight is 284 g/mol. The predicted molar refractivity (Wildman–Crippen MR) is 67.8 cm³/mol. The number of hydrogen-bond donors (Lipinski definition) is 1. The van der Waals surface area contributed by atoms with Gasteiger partial charge in [-0.05, 0) is 12.1 Å². The van der Waals surface area contributed by atoms with Crippen LogP contribution >= 0.6 is 11.6 Å². The van der Waals surface area contributed by atoms with Gasteiger partial charge in [0, 0.05) is 13.0 Å². The van der Waals surface area contributed by atoms with Gasteiger partial charge in [-0.2, -0.15) is 0 Å². The third-order valence-electron chi connectivity index (χ3n) is 2.97. The third-order valence-corrected chi connectivity index (χ3v) is 3.27. The van der Waals surface area contributed by atoms with Crippen molar-refractivity contribution in [2.75, 3.05) is 11.4 Å². The average Bonchev–Trinajstić information content (AvgIpc) is 2.70. The highest BCUT2D eigenvalue weighted by atomic mass is 35.5. The van der Waals surface area contributed by atoms with Crippen molar-refractivity contribution in [1.82, 2.24) is 0 Å². The topological polar surface area (TPSA) is 107 Å². The summed E-state index contributed by atoms with van der Waals surface area (Å²) in [6.45, 7) is 0.0371. The van der Waals surface area contributed by atoms with Gasteiger partial charge in [0.2, 0.25) is 11.8 Å². The Bertz CT molecular complexity index is 575. The number of primary amides is 1. The molecule has 0 radical (unpaired) electrons. The Hall–Kier alpha value is -2.15. The van der Waals surface area contributed by atoms with E-state index in [-0.39, 0.29) is 35.3 Å². The van der Waals surface area contributed by atoms with Gasteiger partial charge in [-0.3, -0.25) is 19.7 Å². The molecule has 1 fully saturated rings. The fourth-order valence-electron chi connectivity index (χ4n) is 2.03. The SMILES string of the molecule is NC(=O)C1CC(=O)N(c2cccc(Cl)c2[N+](=O)[O-])C1. The minimum Gasteiger partial charge on any atom is -0.369 e. The van der Waals surface area contributed by atoms with Crippen LogP contribution in [0.1, 0.15) is 6.42 Å². The molecule has 0 bridgehead atoms. The van der Waals surface area contributed by atoms with Crippen molar-refractivity contribution in [3.05, 3.63) is 33.3 Å². The van der Waals surface area contributed by atoms with Crippen LogP contribution < -0.4 is 10.6 Å². The molecular weight excluding hydrogens is 274 g/mol. The minimum atomic E-state index is -0.650. The molecule has 1 unspecified atom stereocenters. The Morgan fingerprint density at radius 1 is 1.53 bits per heavy atom. The number of nitrogens with zero attached hydrogens (tertiary/aromatic N) is 2. The van der Waals surface area contributed by atoms with Gasteiger partial charge in [0.25, 0.3) is 0 Å². The molecule has 2 amide bonds. The normalized spacial score (nSPS) is 18.7. The van der Waals surface area contributed by atoms with Crippen LogP contribution in [0.3, 0.4) is 0 Å². The number of nitrogens with two attached hydrogens (primary N) is 1. The lowest BCUT2D eigenvalue weighted by atomic mass is 10.1. The summed E-state index contributed by atoms with van der Waals surface area (Å²) in [6.07, 6.45) is -0.0427. The molecule has 1 heterocycles. The van der Waals surface area contributed by atoms with E-state index in [1.165, 1.54) is 23.1 Å². The maximum absolute atomic E-state index is 11.8. The van der Waals surface area contributed by atoms with Crippen LogP contribution in [-0.2, 0) is 9.59 Å². The molecular formula is C11H10ClN3O4. The van der Waals surface area contributed by atoms with Crippen LogP contribution in [0, 0.1) is 16.0 Å². The zero-order valence-corrected chi connectivity index (χ0v) is 10.5. The Morgan fingerprint density at radius 2 is 2.21 bits per heavy atom. The van der Waals surface area contributed by atoms with Gasteiger partial charge in [0.1, 0.15) is 10.7 Å². The summed E-state index contributed by atoms with van der Waals surface area (Å²) < 4.78 is 0. The van der Waals surface area contributed by atoms with Gasteiger partial charge in [-0.1, -0.05) is 17.7 Å². The zero-order chi connectivity index (χ0) is 14.2. The molecule has 1 atom stereocenters. The zero-order valence-electron chi connectivity index (χ0n) is 9.71. The number of rotatable bonds is 3. The van der Waals surface area contributed by atoms with E-state index in [9.17, 15) is 19.7 Å². The van der Waals surface area contributed by atoms with E-state index in [1.54, 1.807) is 0 Å². The highest BCUT2D eigenvalue weighted by Crippen LogP contribution is 2.37. The molecule has 0 aromatic heterocycles. The first-order valence-electron chi connectivity index (χ1n) is 5.44. The minimum absolute atomic E-state index is 0.0371. The second-order valence-electron chi connectivity index (χ2n) is 4.17. The Labute approximate surface area is 113 Å². The van der Waals surface area contributed by atoms with Crippen LogP contribution in [0.25, 0.3) is 0 Å². The maximum Gasteiger partial charge on any atom is 0.311 e. The van der Waals surface area contributed by atoms with Gasteiger partial charge in [-0.25, -0.2) is 0 Å². The van der Waals surface area contributed by atoms with Gasteiger partial charge in [-0.15, -0.1) is 0 Å². The second kappa shape index (κ2) is 4.85. The predicted octanol–water partition coefficient (Wildman–Crippen LogP) is 1.09. The second-order valence-corrected chi connectivity index (χ2v) is 4.58. The Balaban J connectivity index is 2.43. The van der Waals surface area contributed by atoms with E-state index < -0.39 is 16.7 Å². The van der Waals surface area contributed by atoms with Crippen LogP contribution in [0.2, 0.25) is 5.02 Å². The van der Waals surface area contributed by atoms with Gasteiger partial charge >= 0.3 is 5.69 Å². The molecule has 7 nitrogen and oxygen atoms in total. The maximum atomic E-state index is 11.8. The molecule has 0 saturated carbocycles. The fourth-order valence-corrected chi connectivity index (χ4v) is 2.27. The van der Waals surface area contributed by atoms with Crippen molar-refractivity contribution in [3.8, 4) is 0 Å². The van der Waals surface area contributed by atoms with E-state index in [1.807, 2.05) is 0 Å². The van der Waals surface area contributed by atoms with Crippen molar-refractivity contribution in [2.45, 2.75) is 6.42 Å². The van der Waals surface area contributed by atoms with E-state index in [0.717, 1.165) is 0 Å². The molecule has 2 N–H and O–H groups in total. The van der Waals surface area contributed by atoms with Gasteiger partial charge in [0.15, 0.2) is 0 Å². The molecule has 1 aromatic rings. The number of nitro benzene ring substituents is 1. The molecule has 1 saturated heterocycles. The molecule has 1 aliphatic rings. The number of benzene rings is 1. The van der Waals surface area contributed by atoms with Crippen molar-refractivity contribution in [3.63, 3.8) is 0 Å². The van der Waals surface area contributed by atoms with E-state index in [2.05, 4.69) is 0 Å². The molecule has 100 valence electrons. The van der Waals surface area contributed by atoms with Gasteiger partial charge < -0.3 is 10.6 Å². The summed E-state index contributed by atoms with van der Waals surface area (Å²) in [5.74, 6) is -1.61. The first kappa shape index (κ1) is 13.3. The Kier molecular flexibility index (Phi) is 3.39. The van der Waals surface area contributed by atoms with Crippen molar-refractivity contribution in [2.24, 2.45) is 11.7 Å². The lowest BCUT2D eigenvalue weighted by Crippen LogP contribution is -2.28. The molecule has 19 heavy (non-hydrogen) atoms. The Morgan fingerprint density at radius 3 is 2.74 bits per heavy atom. The largest absolute Gasteiger partial charge is 0.369 e. The number of carbonyl (C=O) groups is 2. The number of halogens is 1. The number of carbonyl (C=O) groups excluding carboxylic acids is 2. The highest BCUT2D eigenvalue weighted by molar-refractivity contribution is 6.33. The third kappa shape index (κ3) is 2.37. The van der Waals surface area contributed by atoms with Crippen molar-refractivity contribution < 1.29 is 14.5 Å². The summed E-state index contributed by atoms with van der Waals surface area (Å²) >= 11 is 5.78. The molecule has 8 heteroatoms. The smallest absolute Gasteiger partial charge is 0.311 e. The lowest BCUT2D eigenvalue weighted by molar-refractivity contribution is -0.383. The van der Waals surface area contributed by atoms with Gasteiger partial charge in [0.05, 0.1) is 10.8 Å². The van der Waals surface area contributed by atoms with Crippen LogP contribution in [-0.4, -0.2) is 23.3 Å². The number of amides is 2. The molecule has 1 aliphatic heterocycles. The first-order chi connectivity index (χ1) is 8.91. The summed E-state index contributed by atoms with van der Waals surface area (Å²) in [6, 6.07) is 4.30. The monoisotopic (exact) mass is 283 g/mol. The summed E-state index contributed by atoms with van der Waals surface area (Å²) in [4.78, 5) is 34.5. The number of anilines is 1. The van der Waals surface area contributed by atoms with E-state index in [0.29, 0.717) is 0 Å². The van der Waals surface area contributed by atoms with Crippen LogP contribution in [0.15, 0.2) is 18.2 Å². The van der Waals surface area contributed by atoms with E-state index in [4.69, 9.17) is 17.3 Å². The summed E-state index contributed by atoms with van der Waals surface area (Å²) in [7, 11) is 0. The highest BCUT2D eigenvalue weighted by Gasteiger charge is 2.37. The molecule has 1 aromatic carbocycles. The molecule has 2 rings (SSSR count). The number of hydrogen-bond acceptors (Lipinski definition) is 4. The standard InChI is InChI=1S/C11H10ClN3O4/c12-7-2-1-3-8(10(7)15(18)19)14-5-6(11(13)17)4-9(14)16/h1-3,6H,4-5H2,(H2,13,17). The number of nitro groups is 1. The quantitative estimate of drug-likeness (QED) is 0.661. The number of para-hydroxylation sites is 1. The molecule has 0 spiro atoms. The van der Waals surface area contributed by atoms with Crippen molar-refractivity contribution in [1.29, 1.82) is 0 Å².